The molecular weight excluding hydrogens is 435 g/mol. The lowest BCUT2D eigenvalue weighted by Crippen LogP contribution is -2.49. The van der Waals surface area contributed by atoms with Crippen LogP contribution in [0.4, 0.5) is 30.4 Å². The normalized spacial score (nSPS) is 17.5. The summed E-state index contributed by atoms with van der Waals surface area (Å²) >= 11 is 0. The average molecular weight is 461 g/mol. The monoisotopic (exact) mass is 461 g/mol. The van der Waals surface area contributed by atoms with E-state index in [1.807, 2.05) is 35.2 Å². The fraction of sp³-hybridized carbons (Fsp3) is 0.435. The van der Waals surface area contributed by atoms with Crippen LogP contribution in [0.15, 0.2) is 36.4 Å². The lowest BCUT2D eigenvalue weighted by Gasteiger charge is -2.38. The van der Waals surface area contributed by atoms with Crippen LogP contribution in [0, 0.1) is 11.3 Å². The van der Waals surface area contributed by atoms with Crippen molar-refractivity contribution in [3.8, 4) is 0 Å². The van der Waals surface area contributed by atoms with Crippen LogP contribution in [0.2, 0.25) is 0 Å². The number of nitrogens with zero attached hydrogens (tertiary/aromatic N) is 3. The first-order chi connectivity index (χ1) is 15.7. The molecule has 3 N–H and O–H groups in total. The molecule has 4 rings (SSSR count). The molecule has 1 aliphatic heterocycles. The first kappa shape index (κ1) is 23.0. The molecule has 0 bridgehead atoms. The second kappa shape index (κ2) is 9.38. The van der Waals surface area contributed by atoms with E-state index in [1.54, 1.807) is 0 Å². The number of anilines is 3. The Hall–Kier alpha value is -3.14. The summed E-state index contributed by atoms with van der Waals surface area (Å²) in [7, 11) is 0. The van der Waals surface area contributed by atoms with Crippen molar-refractivity contribution in [2.75, 3.05) is 42.9 Å². The lowest BCUT2D eigenvalue weighted by molar-refractivity contribution is -0.146. The van der Waals surface area contributed by atoms with Crippen molar-refractivity contribution in [1.82, 2.24) is 9.88 Å². The Morgan fingerprint density at radius 3 is 2.36 bits per heavy atom. The molecule has 1 aliphatic carbocycles. The van der Waals surface area contributed by atoms with Gasteiger partial charge >= 0.3 is 12.1 Å². The Bertz CT molecular complexity index is 1020. The molecule has 1 aromatic carbocycles. The summed E-state index contributed by atoms with van der Waals surface area (Å²) in [6, 6.07) is 10.6. The van der Waals surface area contributed by atoms with Crippen molar-refractivity contribution in [3.63, 3.8) is 0 Å². The van der Waals surface area contributed by atoms with Crippen LogP contribution in [0.3, 0.4) is 0 Å². The van der Waals surface area contributed by atoms with Crippen LogP contribution in [0.1, 0.15) is 35.3 Å². The molecule has 0 atom stereocenters. The summed E-state index contributed by atoms with van der Waals surface area (Å²) in [5.41, 5.74) is 1.97. The second-order valence-corrected chi connectivity index (χ2v) is 8.47. The van der Waals surface area contributed by atoms with Gasteiger partial charge in [-0.05, 0) is 31.0 Å². The Labute approximate surface area is 189 Å². The lowest BCUT2D eigenvalue weighted by atomic mass is 9.79. The molecule has 176 valence electrons. The van der Waals surface area contributed by atoms with Gasteiger partial charge < -0.3 is 20.7 Å². The van der Waals surface area contributed by atoms with Crippen LogP contribution >= 0.6 is 0 Å². The number of para-hydroxylation sites is 1. The van der Waals surface area contributed by atoms with Crippen LogP contribution in [-0.4, -0.2) is 65.6 Å². The highest BCUT2D eigenvalue weighted by molar-refractivity contribution is 6.10. The molecule has 0 radical (unpaired) electrons. The third-order valence-electron chi connectivity index (χ3n) is 6.15. The van der Waals surface area contributed by atoms with Crippen LogP contribution in [-0.2, 0) is 0 Å². The number of halogens is 3. The molecule has 0 unspecified atom stereocenters. The number of carbonyl (C=O) groups is 1. The second-order valence-electron chi connectivity index (χ2n) is 8.47. The van der Waals surface area contributed by atoms with E-state index in [0.29, 0.717) is 35.7 Å². The Kier molecular flexibility index (Phi) is 6.55. The highest BCUT2D eigenvalue weighted by atomic mass is 19.4. The van der Waals surface area contributed by atoms with Gasteiger partial charge in [-0.3, -0.25) is 4.90 Å². The summed E-state index contributed by atoms with van der Waals surface area (Å²) in [4.78, 5) is 19.4. The SMILES string of the molecule is N=C(c1c(N2CCN(CC(F)(F)F)CC2)cc(C(=O)O)nc1Nc1ccccc1)C1CCC1. The molecule has 1 aromatic heterocycles. The van der Waals surface area contributed by atoms with Crippen molar-refractivity contribution in [2.24, 2.45) is 5.92 Å². The van der Waals surface area contributed by atoms with E-state index in [2.05, 4.69) is 10.3 Å². The largest absolute Gasteiger partial charge is 0.477 e. The zero-order chi connectivity index (χ0) is 23.6. The van der Waals surface area contributed by atoms with Gasteiger partial charge in [-0.15, -0.1) is 0 Å². The van der Waals surface area contributed by atoms with E-state index in [4.69, 9.17) is 5.41 Å². The van der Waals surface area contributed by atoms with E-state index in [-0.39, 0.29) is 30.5 Å². The molecule has 0 amide bonds. The number of aromatic nitrogens is 1. The number of piperazine rings is 1. The summed E-state index contributed by atoms with van der Waals surface area (Å²) in [6.07, 6.45) is -1.48. The molecule has 33 heavy (non-hydrogen) atoms. The topological polar surface area (TPSA) is 92.6 Å². The number of hydrogen-bond acceptors (Lipinski definition) is 6. The molecule has 2 aliphatic rings. The van der Waals surface area contributed by atoms with E-state index >= 15 is 0 Å². The summed E-state index contributed by atoms with van der Waals surface area (Å²) in [5, 5.41) is 21.7. The Morgan fingerprint density at radius 1 is 1.15 bits per heavy atom. The summed E-state index contributed by atoms with van der Waals surface area (Å²) in [6.45, 7) is 0.0245. The van der Waals surface area contributed by atoms with Gasteiger partial charge in [0, 0.05) is 43.5 Å². The minimum Gasteiger partial charge on any atom is -0.477 e. The van der Waals surface area contributed by atoms with Gasteiger partial charge in [0.2, 0.25) is 0 Å². The summed E-state index contributed by atoms with van der Waals surface area (Å²) in [5.74, 6) is -0.861. The van der Waals surface area contributed by atoms with Crippen LogP contribution in [0.5, 0.6) is 0 Å². The molecule has 1 saturated carbocycles. The molecular formula is C23H26F3N5O2. The molecule has 2 heterocycles. The van der Waals surface area contributed by atoms with E-state index in [9.17, 15) is 23.1 Å². The standard InChI is InChI=1S/C23H26F3N5O2/c24-23(25,26)14-30-9-11-31(12-10-30)18-13-17(22(32)33)29-21(28-16-7-2-1-3-8-16)19(18)20(27)15-5-4-6-15/h1-3,7-8,13,15,27H,4-6,9-12,14H2,(H,28,29)(H,32,33). The van der Waals surface area contributed by atoms with Gasteiger partial charge in [-0.2, -0.15) is 13.2 Å². The Balaban J connectivity index is 1.71. The maximum absolute atomic E-state index is 12.8. The van der Waals surface area contributed by atoms with Crippen LogP contribution in [0.25, 0.3) is 0 Å². The predicted octanol–water partition coefficient (Wildman–Crippen LogP) is 4.38. The fourth-order valence-corrected chi connectivity index (χ4v) is 4.21. The van der Waals surface area contributed by atoms with Gasteiger partial charge in [0.1, 0.15) is 5.82 Å². The molecule has 0 spiro atoms. The molecule has 2 fully saturated rings. The minimum atomic E-state index is -4.26. The molecule has 10 heteroatoms. The molecule has 2 aromatic rings. The first-order valence-electron chi connectivity index (χ1n) is 10.9. The van der Waals surface area contributed by atoms with E-state index in [1.165, 1.54) is 11.0 Å². The van der Waals surface area contributed by atoms with Crippen molar-refractivity contribution >= 4 is 28.9 Å². The fourth-order valence-electron chi connectivity index (χ4n) is 4.21. The first-order valence-corrected chi connectivity index (χ1v) is 10.9. The van der Waals surface area contributed by atoms with Gasteiger partial charge in [0.15, 0.2) is 5.69 Å². The highest BCUT2D eigenvalue weighted by Crippen LogP contribution is 2.37. The number of pyridine rings is 1. The van der Waals surface area contributed by atoms with Crippen molar-refractivity contribution in [1.29, 1.82) is 5.41 Å². The van der Waals surface area contributed by atoms with Crippen LogP contribution < -0.4 is 10.2 Å². The average Bonchev–Trinajstić information content (AvgIpc) is 2.72. The number of hydrogen-bond donors (Lipinski definition) is 3. The maximum Gasteiger partial charge on any atom is 0.401 e. The Morgan fingerprint density at radius 2 is 1.82 bits per heavy atom. The van der Waals surface area contributed by atoms with E-state index in [0.717, 1.165) is 19.3 Å². The van der Waals surface area contributed by atoms with Gasteiger partial charge in [-0.1, -0.05) is 24.6 Å². The van der Waals surface area contributed by atoms with Gasteiger partial charge in [0.25, 0.3) is 0 Å². The van der Waals surface area contributed by atoms with E-state index < -0.39 is 18.7 Å². The maximum atomic E-state index is 12.8. The predicted molar refractivity (Wildman–Crippen MR) is 120 cm³/mol. The molecule has 7 nitrogen and oxygen atoms in total. The zero-order valence-electron chi connectivity index (χ0n) is 18.0. The summed E-state index contributed by atoms with van der Waals surface area (Å²) < 4.78 is 38.4. The third-order valence-corrected chi connectivity index (χ3v) is 6.15. The van der Waals surface area contributed by atoms with Crippen molar-refractivity contribution < 1.29 is 23.1 Å². The number of benzene rings is 1. The number of nitrogens with one attached hydrogen (secondary N) is 2. The number of rotatable bonds is 7. The number of carboxylic acids is 1. The minimum absolute atomic E-state index is 0.0593. The number of alkyl halides is 3. The van der Waals surface area contributed by atoms with Crippen molar-refractivity contribution in [2.45, 2.75) is 25.4 Å². The quantitative estimate of drug-likeness (QED) is 0.530. The third kappa shape index (κ3) is 5.44. The number of aromatic carboxylic acids is 1. The molecule has 1 saturated heterocycles. The number of carboxylic acid groups (broad SMARTS) is 1. The smallest absolute Gasteiger partial charge is 0.401 e. The van der Waals surface area contributed by atoms with Crippen molar-refractivity contribution in [3.05, 3.63) is 47.7 Å². The highest BCUT2D eigenvalue weighted by Gasteiger charge is 2.34. The van der Waals surface area contributed by atoms with Gasteiger partial charge in [0.05, 0.1) is 17.8 Å². The zero-order valence-corrected chi connectivity index (χ0v) is 18.0. The van der Waals surface area contributed by atoms with Gasteiger partial charge in [-0.25, -0.2) is 9.78 Å².